The molecule has 2 aromatic heterocycles. The lowest BCUT2D eigenvalue weighted by molar-refractivity contribution is -0.384. The highest BCUT2D eigenvalue weighted by molar-refractivity contribution is 7.07. The van der Waals surface area contributed by atoms with Gasteiger partial charge in [-0.15, -0.1) is 0 Å². The molecule has 1 atom stereocenters. The van der Waals surface area contributed by atoms with Gasteiger partial charge in [-0.1, -0.05) is 41.7 Å². The lowest BCUT2D eigenvalue weighted by atomic mass is 9.96. The van der Waals surface area contributed by atoms with Crippen LogP contribution in [0.4, 0.5) is 5.69 Å². The Hall–Kier alpha value is -4.57. The number of benzene rings is 2. The van der Waals surface area contributed by atoms with Crippen LogP contribution in [0.3, 0.4) is 0 Å². The normalized spacial score (nSPS) is 15.4. The quantitative estimate of drug-likeness (QED) is 0.234. The van der Waals surface area contributed by atoms with Gasteiger partial charge in [-0.25, -0.2) is 9.79 Å². The maximum Gasteiger partial charge on any atom is 0.338 e. The Labute approximate surface area is 208 Å². The van der Waals surface area contributed by atoms with Crippen molar-refractivity contribution >= 4 is 29.1 Å². The lowest BCUT2D eigenvalue weighted by Gasteiger charge is -2.24. The number of furan rings is 1. The Morgan fingerprint density at radius 2 is 1.86 bits per heavy atom. The van der Waals surface area contributed by atoms with Crippen molar-refractivity contribution in [1.82, 2.24) is 4.57 Å². The summed E-state index contributed by atoms with van der Waals surface area (Å²) in [6, 6.07) is 18.0. The van der Waals surface area contributed by atoms with Crippen LogP contribution in [0.15, 0.2) is 92.2 Å². The second-order valence-corrected chi connectivity index (χ2v) is 9.00. The smallest absolute Gasteiger partial charge is 0.338 e. The number of nitro benzene ring substituents is 1. The van der Waals surface area contributed by atoms with Gasteiger partial charge in [0.15, 0.2) is 4.80 Å². The number of carbonyl (C=O) groups is 1. The number of allylic oxidation sites excluding steroid dienone is 1. The number of fused-ring (bicyclic) bond motifs is 1. The summed E-state index contributed by atoms with van der Waals surface area (Å²) in [6.07, 6.45) is 1.62. The molecule has 0 N–H and O–H groups in total. The molecule has 36 heavy (non-hydrogen) atoms. The molecule has 0 spiro atoms. The third kappa shape index (κ3) is 4.07. The summed E-state index contributed by atoms with van der Waals surface area (Å²) in [5.74, 6) is 0.404. The van der Waals surface area contributed by atoms with Gasteiger partial charge >= 0.3 is 5.97 Å². The van der Waals surface area contributed by atoms with E-state index in [4.69, 9.17) is 9.15 Å². The molecule has 0 unspecified atom stereocenters. The van der Waals surface area contributed by atoms with Gasteiger partial charge in [-0.2, -0.15) is 0 Å². The average Bonchev–Trinajstić information content (AvgIpc) is 3.48. The maximum absolute atomic E-state index is 13.5. The predicted molar refractivity (Wildman–Crippen MR) is 133 cm³/mol. The molecule has 4 aromatic rings. The molecule has 3 heterocycles. The molecule has 1 aliphatic heterocycles. The van der Waals surface area contributed by atoms with Gasteiger partial charge in [-0.05, 0) is 36.8 Å². The van der Waals surface area contributed by atoms with Gasteiger partial charge in [0.25, 0.3) is 11.2 Å². The van der Waals surface area contributed by atoms with Crippen molar-refractivity contribution in [3.63, 3.8) is 0 Å². The van der Waals surface area contributed by atoms with Gasteiger partial charge in [0, 0.05) is 23.8 Å². The topological polar surface area (TPSA) is 117 Å². The van der Waals surface area contributed by atoms with E-state index in [-0.39, 0.29) is 11.2 Å². The van der Waals surface area contributed by atoms with Crippen LogP contribution in [0.5, 0.6) is 0 Å². The van der Waals surface area contributed by atoms with E-state index in [0.29, 0.717) is 37.7 Å². The second kappa shape index (κ2) is 9.23. The Morgan fingerprint density at radius 3 is 2.53 bits per heavy atom. The summed E-state index contributed by atoms with van der Waals surface area (Å²) >= 11 is 1.20. The number of thiazole rings is 1. The number of ether oxygens (including phenoxy) is 1. The summed E-state index contributed by atoms with van der Waals surface area (Å²) in [5.41, 5.74) is 1.90. The van der Waals surface area contributed by atoms with Crippen LogP contribution in [0.1, 0.15) is 24.3 Å². The fourth-order valence-corrected chi connectivity index (χ4v) is 5.13. The molecule has 0 amide bonds. The van der Waals surface area contributed by atoms with Crippen LogP contribution < -0.4 is 14.9 Å². The Kier molecular flexibility index (Phi) is 5.95. The zero-order chi connectivity index (χ0) is 25.4. The van der Waals surface area contributed by atoms with Crippen LogP contribution in [-0.2, 0) is 9.53 Å². The molecule has 9 nitrogen and oxygen atoms in total. The third-order valence-electron chi connectivity index (χ3n) is 5.81. The Morgan fingerprint density at radius 1 is 1.14 bits per heavy atom. The molecule has 0 bridgehead atoms. The summed E-state index contributed by atoms with van der Waals surface area (Å²) < 4.78 is 12.8. The minimum atomic E-state index is -0.677. The van der Waals surface area contributed by atoms with Crippen LogP contribution in [-0.4, -0.2) is 22.6 Å². The molecule has 0 saturated carbocycles. The number of carbonyl (C=O) groups excluding carboxylic acids is 1. The zero-order valence-corrected chi connectivity index (χ0v) is 20.0. The molecular formula is C26H19N3O6S. The Bertz CT molecular complexity index is 1690. The third-order valence-corrected chi connectivity index (χ3v) is 6.79. The van der Waals surface area contributed by atoms with Gasteiger partial charge in [0.2, 0.25) is 0 Å². The Balaban J connectivity index is 1.59. The first-order valence-corrected chi connectivity index (χ1v) is 11.7. The molecule has 0 fully saturated rings. The van der Waals surface area contributed by atoms with Crippen LogP contribution in [0, 0.1) is 10.1 Å². The molecule has 0 radical (unpaired) electrons. The molecular weight excluding hydrogens is 482 g/mol. The fourth-order valence-electron chi connectivity index (χ4n) is 4.11. The number of non-ortho nitro benzene ring substituents is 1. The van der Waals surface area contributed by atoms with Gasteiger partial charge in [0.05, 0.1) is 33.9 Å². The van der Waals surface area contributed by atoms with Gasteiger partial charge in [-0.3, -0.25) is 19.5 Å². The van der Waals surface area contributed by atoms with Crippen LogP contribution in [0.25, 0.3) is 17.4 Å². The number of esters is 1. The highest BCUT2D eigenvalue weighted by Gasteiger charge is 2.32. The molecule has 2 aromatic carbocycles. The van der Waals surface area contributed by atoms with E-state index in [9.17, 15) is 19.7 Å². The van der Waals surface area contributed by atoms with Crippen molar-refractivity contribution in [3.05, 3.63) is 119 Å². The van der Waals surface area contributed by atoms with Gasteiger partial charge < -0.3 is 9.15 Å². The molecule has 1 aliphatic rings. The number of aromatic nitrogens is 1. The number of rotatable bonds is 5. The van der Waals surface area contributed by atoms with E-state index < -0.39 is 16.9 Å². The molecule has 0 aliphatic carbocycles. The van der Waals surface area contributed by atoms with Crippen LogP contribution >= 0.6 is 11.3 Å². The molecule has 0 saturated heterocycles. The molecule has 5 rings (SSSR count). The summed E-state index contributed by atoms with van der Waals surface area (Å²) in [7, 11) is 1.30. The molecule has 10 heteroatoms. The van der Waals surface area contributed by atoms with Crippen molar-refractivity contribution in [2.75, 3.05) is 7.11 Å². The first-order valence-electron chi connectivity index (χ1n) is 10.9. The standard InChI is InChI=1S/C26H19N3O6S/c1-15-22(25(31)34-2)23(17-6-4-3-5-7-17)28-24(30)21(36-26(28)27-15)14-19-12-13-20(35-19)16-8-10-18(11-9-16)29(32)33/h3-14,23H,1-2H3/b21-14-/t23-/m1/s1. The van der Waals surface area contributed by atoms with Crippen molar-refractivity contribution in [2.24, 2.45) is 4.99 Å². The van der Waals surface area contributed by atoms with Crippen molar-refractivity contribution in [3.8, 4) is 11.3 Å². The number of nitro groups is 1. The number of methoxy groups -OCH3 is 1. The lowest BCUT2D eigenvalue weighted by Crippen LogP contribution is -2.39. The van der Waals surface area contributed by atoms with Crippen molar-refractivity contribution in [1.29, 1.82) is 0 Å². The first kappa shape index (κ1) is 23.2. The minimum Gasteiger partial charge on any atom is -0.466 e. The van der Waals surface area contributed by atoms with E-state index in [2.05, 4.69) is 4.99 Å². The highest BCUT2D eigenvalue weighted by atomic mass is 32.1. The number of hydrogen-bond donors (Lipinski definition) is 0. The monoisotopic (exact) mass is 501 g/mol. The number of hydrogen-bond acceptors (Lipinski definition) is 8. The predicted octanol–water partition coefficient (Wildman–Crippen LogP) is 3.58. The van der Waals surface area contributed by atoms with E-state index in [1.807, 2.05) is 30.3 Å². The van der Waals surface area contributed by atoms with Crippen LogP contribution in [0.2, 0.25) is 0 Å². The van der Waals surface area contributed by atoms with E-state index in [1.54, 1.807) is 37.3 Å². The van der Waals surface area contributed by atoms with Gasteiger partial charge in [0.1, 0.15) is 11.5 Å². The average molecular weight is 502 g/mol. The maximum atomic E-state index is 13.5. The summed E-state index contributed by atoms with van der Waals surface area (Å²) in [4.78, 5) is 41.6. The second-order valence-electron chi connectivity index (χ2n) is 7.99. The zero-order valence-electron chi connectivity index (χ0n) is 19.2. The fraction of sp³-hybridized carbons (Fsp3) is 0.115. The number of nitrogens with zero attached hydrogens (tertiary/aromatic N) is 3. The first-order chi connectivity index (χ1) is 17.4. The van der Waals surface area contributed by atoms with Crippen molar-refractivity contribution < 1.29 is 18.9 Å². The van der Waals surface area contributed by atoms with E-state index in [1.165, 1.54) is 35.1 Å². The largest absolute Gasteiger partial charge is 0.466 e. The minimum absolute atomic E-state index is 0.0128. The SMILES string of the molecule is COC(=O)C1=C(C)N=c2s/c(=C\c3ccc(-c4ccc([N+](=O)[O-])cc4)o3)c(=O)n2[C@@H]1c1ccccc1. The van der Waals surface area contributed by atoms with E-state index in [0.717, 1.165) is 5.56 Å². The van der Waals surface area contributed by atoms with Crippen molar-refractivity contribution in [2.45, 2.75) is 13.0 Å². The molecule has 180 valence electrons. The van der Waals surface area contributed by atoms with E-state index >= 15 is 0 Å². The summed E-state index contributed by atoms with van der Waals surface area (Å²) in [6.45, 7) is 1.72. The highest BCUT2D eigenvalue weighted by Crippen LogP contribution is 2.30. The summed E-state index contributed by atoms with van der Waals surface area (Å²) in [5, 5.41) is 10.9.